The van der Waals surface area contributed by atoms with Gasteiger partial charge in [0.1, 0.15) is 5.82 Å². The first-order valence-electron chi connectivity index (χ1n) is 4.67. The molecule has 0 radical (unpaired) electrons. The lowest BCUT2D eigenvalue weighted by Gasteiger charge is -2.02. The van der Waals surface area contributed by atoms with Crippen molar-refractivity contribution in [3.8, 4) is 0 Å². The van der Waals surface area contributed by atoms with Gasteiger partial charge in [-0.05, 0) is 23.1 Å². The van der Waals surface area contributed by atoms with Gasteiger partial charge in [0.05, 0.1) is 6.20 Å². The molecule has 2 aromatic heterocycles. The Morgan fingerprint density at radius 1 is 1.33 bits per heavy atom. The number of nitrogens with one attached hydrogen (secondary N) is 1. The number of halogens is 1. The second-order valence-corrected chi connectivity index (χ2v) is 4.23. The van der Waals surface area contributed by atoms with Crippen LogP contribution in [0.5, 0.6) is 0 Å². The van der Waals surface area contributed by atoms with Crippen LogP contribution in [-0.2, 0) is 13.1 Å². The van der Waals surface area contributed by atoms with E-state index in [2.05, 4.69) is 16.4 Å². The molecule has 0 saturated heterocycles. The number of thiophene rings is 1. The standard InChI is InChI=1S/C11H11FN2S/c12-10-4-9(5-13-7-10)6-14-8-11-2-1-3-15-11/h1-5,7,14H,6,8H2. The Bertz CT molecular complexity index is 414. The van der Waals surface area contributed by atoms with Gasteiger partial charge in [-0.25, -0.2) is 4.39 Å². The van der Waals surface area contributed by atoms with Gasteiger partial charge in [-0.15, -0.1) is 11.3 Å². The largest absolute Gasteiger partial charge is 0.308 e. The predicted molar refractivity (Wildman–Crippen MR) is 59.1 cm³/mol. The fraction of sp³-hybridized carbons (Fsp3) is 0.182. The van der Waals surface area contributed by atoms with Crippen molar-refractivity contribution in [3.05, 3.63) is 52.2 Å². The van der Waals surface area contributed by atoms with Crippen molar-refractivity contribution < 1.29 is 4.39 Å². The van der Waals surface area contributed by atoms with Crippen molar-refractivity contribution in [2.45, 2.75) is 13.1 Å². The molecule has 0 atom stereocenters. The van der Waals surface area contributed by atoms with Crippen LogP contribution < -0.4 is 5.32 Å². The number of pyridine rings is 1. The van der Waals surface area contributed by atoms with Gasteiger partial charge in [0.2, 0.25) is 0 Å². The van der Waals surface area contributed by atoms with E-state index in [0.29, 0.717) is 6.54 Å². The van der Waals surface area contributed by atoms with Crippen molar-refractivity contribution in [2.24, 2.45) is 0 Å². The Balaban J connectivity index is 1.83. The summed E-state index contributed by atoms with van der Waals surface area (Å²) in [6.07, 6.45) is 2.88. The molecule has 1 N–H and O–H groups in total. The van der Waals surface area contributed by atoms with E-state index in [1.165, 1.54) is 17.1 Å². The van der Waals surface area contributed by atoms with Gasteiger partial charge >= 0.3 is 0 Å². The Kier molecular flexibility index (Phi) is 3.42. The molecule has 0 fully saturated rings. The van der Waals surface area contributed by atoms with Crippen molar-refractivity contribution in [2.75, 3.05) is 0 Å². The molecule has 2 heterocycles. The molecule has 2 rings (SSSR count). The van der Waals surface area contributed by atoms with Gasteiger partial charge in [-0.2, -0.15) is 0 Å². The zero-order valence-electron chi connectivity index (χ0n) is 8.11. The second kappa shape index (κ2) is 5.00. The number of aromatic nitrogens is 1. The molecule has 2 nitrogen and oxygen atoms in total. The first-order valence-corrected chi connectivity index (χ1v) is 5.55. The molecular formula is C11H11FN2S. The van der Waals surface area contributed by atoms with Crippen LogP contribution in [0.2, 0.25) is 0 Å². The lowest BCUT2D eigenvalue weighted by Crippen LogP contribution is -2.11. The lowest BCUT2D eigenvalue weighted by atomic mass is 10.3. The minimum absolute atomic E-state index is 0.287. The second-order valence-electron chi connectivity index (χ2n) is 3.19. The van der Waals surface area contributed by atoms with Crippen molar-refractivity contribution in [1.29, 1.82) is 0 Å². The average molecular weight is 222 g/mol. The average Bonchev–Trinajstić information content (AvgIpc) is 2.71. The van der Waals surface area contributed by atoms with Gasteiger partial charge in [0.15, 0.2) is 0 Å². The molecule has 78 valence electrons. The molecule has 0 aliphatic heterocycles. The maximum absolute atomic E-state index is 12.8. The SMILES string of the molecule is Fc1cncc(CNCc2cccs2)c1. The summed E-state index contributed by atoms with van der Waals surface area (Å²) in [5, 5.41) is 5.28. The third-order valence-corrected chi connectivity index (χ3v) is 2.85. The van der Waals surface area contributed by atoms with E-state index >= 15 is 0 Å². The quantitative estimate of drug-likeness (QED) is 0.860. The summed E-state index contributed by atoms with van der Waals surface area (Å²) in [6.45, 7) is 1.46. The van der Waals surface area contributed by atoms with Gasteiger partial charge in [0, 0.05) is 24.2 Å². The van der Waals surface area contributed by atoms with E-state index in [1.807, 2.05) is 11.4 Å². The maximum Gasteiger partial charge on any atom is 0.141 e. The zero-order valence-corrected chi connectivity index (χ0v) is 8.93. The van der Waals surface area contributed by atoms with Crippen LogP contribution in [0.3, 0.4) is 0 Å². The van der Waals surface area contributed by atoms with Crippen molar-refractivity contribution in [1.82, 2.24) is 10.3 Å². The summed E-state index contributed by atoms with van der Waals surface area (Å²) >= 11 is 1.71. The molecule has 0 amide bonds. The first kappa shape index (κ1) is 10.3. The summed E-state index contributed by atoms with van der Waals surface area (Å²) in [4.78, 5) is 5.06. The van der Waals surface area contributed by atoms with E-state index in [-0.39, 0.29) is 5.82 Å². The lowest BCUT2D eigenvalue weighted by molar-refractivity contribution is 0.613. The monoisotopic (exact) mass is 222 g/mol. The highest BCUT2D eigenvalue weighted by atomic mass is 32.1. The minimum Gasteiger partial charge on any atom is -0.308 e. The fourth-order valence-corrected chi connectivity index (χ4v) is 1.97. The molecule has 0 aliphatic carbocycles. The van der Waals surface area contributed by atoms with Gasteiger partial charge < -0.3 is 5.32 Å². The summed E-state index contributed by atoms with van der Waals surface area (Å²) in [5.74, 6) is -0.287. The fourth-order valence-electron chi connectivity index (χ4n) is 1.30. The Hall–Kier alpha value is -1.26. The summed E-state index contributed by atoms with van der Waals surface area (Å²) in [7, 11) is 0. The molecule has 0 spiro atoms. The Labute approximate surface area is 91.8 Å². The van der Waals surface area contributed by atoms with E-state index < -0.39 is 0 Å². The molecular weight excluding hydrogens is 211 g/mol. The Morgan fingerprint density at radius 3 is 3.00 bits per heavy atom. The summed E-state index contributed by atoms with van der Waals surface area (Å²) in [5.41, 5.74) is 0.867. The van der Waals surface area contributed by atoms with Gasteiger partial charge in [-0.1, -0.05) is 6.07 Å². The third-order valence-electron chi connectivity index (χ3n) is 1.97. The number of rotatable bonds is 4. The maximum atomic E-state index is 12.8. The molecule has 2 aromatic rings. The smallest absolute Gasteiger partial charge is 0.141 e. The highest BCUT2D eigenvalue weighted by Crippen LogP contribution is 2.08. The van der Waals surface area contributed by atoms with Crippen LogP contribution >= 0.6 is 11.3 Å². The molecule has 4 heteroatoms. The summed E-state index contributed by atoms with van der Waals surface area (Å²) in [6, 6.07) is 5.58. The third kappa shape index (κ3) is 3.11. The molecule has 0 aliphatic rings. The van der Waals surface area contributed by atoms with Crippen LogP contribution in [-0.4, -0.2) is 4.98 Å². The molecule has 0 bridgehead atoms. The van der Waals surface area contributed by atoms with E-state index in [9.17, 15) is 4.39 Å². The topological polar surface area (TPSA) is 24.9 Å². The van der Waals surface area contributed by atoms with Gasteiger partial charge in [0.25, 0.3) is 0 Å². The van der Waals surface area contributed by atoms with Crippen molar-refractivity contribution in [3.63, 3.8) is 0 Å². The van der Waals surface area contributed by atoms with Crippen LogP contribution in [0.15, 0.2) is 36.0 Å². The minimum atomic E-state index is -0.287. The van der Waals surface area contributed by atoms with E-state index in [1.54, 1.807) is 17.5 Å². The first-order chi connectivity index (χ1) is 7.34. The van der Waals surface area contributed by atoms with Gasteiger partial charge in [-0.3, -0.25) is 4.98 Å². The predicted octanol–water partition coefficient (Wildman–Crippen LogP) is 2.57. The normalized spacial score (nSPS) is 10.5. The van der Waals surface area contributed by atoms with Crippen LogP contribution in [0.25, 0.3) is 0 Å². The van der Waals surface area contributed by atoms with Crippen LogP contribution in [0.1, 0.15) is 10.4 Å². The van der Waals surface area contributed by atoms with E-state index in [0.717, 1.165) is 12.1 Å². The van der Waals surface area contributed by atoms with Crippen molar-refractivity contribution >= 4 is 11.3 Å². The Morgan fingerprint density at radius 2 is 2.27 bits per heavy atom. The molecule has 0 aromatic carbocycles. The number of nitrogens with zero attached hydrogens (tertiary/aromatic N) is 1. The van der Waals surface area contributed by atoms with Crippen LogP contribution in [0.4, 0.5) is 4.39 Å². The number of hydrogen-bond acceptors (Lipinski definition) is 3. The molecule has 0 unspecified atom stereocenters. The summed E-state index contributed by atoms with van der Waals surface area (Å²) < 4.78 is 12.8. The zero-order chi connectivity index (χ0) is 10.5. The number of hydrogen-bond donors (Lipinski definition) is 1. The van der Waals surface area contributed by atoms with Crippen LogP contribution in [0, 0.1) is 5.82 Å². The highest BCUT2D eigenvalue weighted by Gasteiger charge is 1.96. The highest BCUT2D eigenvalue weighted by molar-refractivity contribution is 7.09. The molecule has 15 heavy (non-hydrogen) atoms. The van der Waals surface area contributed by atoms with E-state index in [4.69, 9.17) is 0 Å². The molecule has 0 saturated carbocycles.